The van der Waals surface area contributed by atoms with E-state index in [0.29, 0.717) is 22.2 Å². The first-order valence-corrected chi connectivity index (χ1v) is 5.56. The number of ether oxygens (including phenoxy) is 1. The van der Waals surface area contributed by atoms with Gasteiger partial charge in [0.2, 0.25) is 0 Å². The molecule has 0 saturated heterocycles. The van der Waals surface area contributed by atoms with E-state index in [1.165, 1.54) is 0 Å². The summed E-state index contributed by atoms with van der Waals surface area (Å²) >= 11 is 11.8. The SMILES string of the molecule is CCOC(C)C(O)c1cc(Cl)ccc1Cl. The molecule has 84 valence electrons. The fourth-order valence-corrected chi connectivity index (χ4v) is 1.76. The standard InChI is InChI=1S/C11H14Cl2O2/c1-3-15-7(2)11(14)9-6-8(12)4-5-10(9)13/h4-7,11,14H,3H2,1-2H3. The van der Waals surface area contributed by atoms with Crippen LogP contribution in [0.5, 0.6) is 0 Å². The van der Waals surface area contributed by atoms with E-state index in [9.17, 15) is 5.11 Å². The lowest BCUT2D eigenvalue weighted by Gasteiger charge is -2.20. The van der Waals surface area contributed by atoms with Crippen LogP contribution in [0, 0.1) is 0 Å². The van der Waals surface area contributed by atoms with E-state index in [0.717, 1.165) is 0 Å². The molecule has 0 bridgehead atoms. The molecule has 0 fully saturated rings. The average Bonchev–Trinajstić information content (AvgIpc) is 2.21. The third kappa shape index (κ3) is 3.35. The number of hydrogen-bond donors (Lipinski definition) is 1. The Morgan fingerprint density at radius 1 is 1.40 bits per heavy atom. The van der Waals surface area contributed by atoms with Crippen LogP contribution in [0.4, 0.5) is 0 Å². The minimum absolute atomic E-state index is 0.300. The summed E-state index contributed by atoms with van der Waals surface area (Å²) in [4.78, 5) is 0. The number of hydrogen-bond acceptors (Lipinski definition) is 2. The van der Waals surface area contributed by atoms with Gasteiger partial charge >= 0.3 is 0 Å². The van der Waals surface area contributed by atoms with Gasteiger partial charge in [0.25, 0.3) is 0 Å². The molecule has 0 aliphatic heterocycles. The van der Waals surface area contributed by atoms with Gasteiger partial charge in [-0.25, -0.2) is 0 Å². The molecular weight excluding hydrogens is 235 g/mol. The Balaban J connectivity index is 2.89. The van der Waals surface area contributed by atoms with Crippen molar-refractivity contribution in [3.8, 4) is 0 Å². The van der Waals surface area contributed by atoms with Gasteiger partial charge in [-0.2, -0.15) is 0 Å². The number of aliphatic hydroxyl groups is 1. The molecule has 0 aliphatic rings. The molecule has 0 heterocycles. The highest BCUT2D eigenvalue weighted by atomic mass is 35.5. The average molecular weight is 249 g/mol. The van der Waals surface area contributed by atoms with E-state index in [-0.39, 0.29) is 6.10 Å². The molecular formula is C11H14Cl2O2. The molecule has 2 nitrogen and oxygen atoms in total. The Kier molecular flexibility index (Phi) is 4.87. The Labute approximate surface area is 99.8 Å². The lowest BCUT2D eigenvalue weighted by molar-refractivity contribution is -0.0227. The molecule has 0 saturated carbocycles. The molecule has 0 radical (unpaired) electrons. The summed E-state index contributed by atoms with van der Waals surface area (Å²) in [5.41, 5.74) is 0.602. The minimum atomic E-state index is -0.754. The van der Waals surface area contributed by atoms with Crippen LogP contribution in [-0.4, -0.2) is 17.8 Å². The van der Waals surface area contributed by atoms with Crippen LogP contribution in [0.3, 0.4) is 0 Å². The van der Waals surface area contributed by atoms with Gasteiger partial charge in [0, 0.05) is 22.2 Å². The van der Waals surface area contributed by atoms with Crippen molar-refractivity contribution in [1.29, 1.82) is 0 Å². The Morgan fingerprint density at radius 2 is 2.07 bits per heavy atom. The molecule has 15 heavy (non-hydrogen) atoms. The van der Waals surface area contributed by atoms with Gasteiger partial charge in [0.05, 0.1) is 6.10 Å². The maximum Gasteiger partial charge on any atom is 0.106 e. The third-order valence-electron chi connectivity index (χ3n) is 2.15. The van der Waals surface area contributed by atoms with E-state index in [2.05, 4.69) is 0 Å². The van der Waals surface area contributed by atoms with E-state index < -0.39 is 6.10 Å². The predicted octanol–water partition coefficient (Wildman–Crippen LogP) is 3.45. The van der Waals surface area contributed by atoms with E-state index in [1.54, 1.807) is 25.1 Å². The van der Waals surface area contributed by atoms with Crippen LogP contribution in [0.25, 0.3) is 0 Å². The van der Waals surface area contributed by atoms with Crippen LogP contribution in [0.1, 0.15) is 25.5 Å². The van der Waals surface area contributed by atoms with E-state index in [4.69, 9.17) is 27.9 Å². The molecule has 0 aromatic heterocycles. The minimum Gasteiger partial charge on any atom is -0.386 e. The van der Waals surface area contributed by atoms with Crippen LogP contribution in [0.15, 0.2) is 18.2 Å². The summed E-state index contributed by atoms with van der Waals surface area (Å²) < 4.78 is 5.30. The second-order valence-corrected chi connectivity index (χ2v) is 4.11. The van der Waals surface area contributed by atoms with Crippen molar-refractivity contribution in [3.63, 3.8) is 0 Å². The van der Waals surface area contributed by atoms with Crippen LogP contribution >= 0.6 is 23.2 Å². The fourth-order valence-electron chi connectivity index (χ4n) is 1.35. The number of rotatable bonds is 4. The highest BCUT2D eigenvalue weighted by molar-refractivity contribution is 6.33. The first-order chi connectivity index (χ1) is 7.06. The van der Waals surface area contributed by atoms with Crippen LogP contribution in [0.2, 0.25) is 10.0 Å². The zero-order valence-electron chi connectivity index (χ0n) is 8.71. The molecule has 1 rings (SSSR count). The predicted molar refractivity (Wildman–Crippen MR) is 62.5 cm³/mol. The smallest absolute Gasteiger partial charge is 0.106 e. The number of benzene rings is 1. The van der Waals surface area contributed by atoms with Crippen LogP contribution in [-0.2, 0) is 4.74 Å². The molecule has 2 unspecified atom stereocenters. The van der Waals surface area contributed by atoms with Gasteiger partial charge in [-0.05, 0) is 32.0 Å². The highest BCUT2D eigenvalue weighted by Gasteiger charge is 2.19. The summed E-state index contributed by atoms with van der Waals surface area (Å²) in [6.45, 7) is 4.23. The summed E-state index contributed by atoms with van der Waals surface area (Å²) in [6.07, 6.45) is -1.05. The Bertz CT molecular complexity index is 328. The van der Waals surface area contributed by atoms with Gasteiger partial charge in [-0.1, -0.05) is 23.2 Å². The van der Waals surface area contributed by atoms with Crippen molar-refractivity contribution in [1.82, 2.24) is 0 Å². The van der Waals surface area contributed by atoms with Crippen LogP contribution < -0.4 is 0 Å². The number of halogens is 2. The first kappa shape index (κ1) is 12.8. The van der Waals surface area contributed by atoms with Crippen molar-refractivity contribution in [2.24, 2.45) is 0 Å². The molecule has 1 aromatic rings. The molecule has 0 spiro atoms. The van der Waals surface area contributed by atoms with Gasteiger partial charge in [0.1, 0.15) is 6.10 Å². The van der Waals surface area contributed by atoms with Gasteiger partial charge in [-0.3, -0.25) is 0 Å². The summed E-state index contributed by atoms with van der Waals surface area (Å²) in [6, 6.07) is 5.01. The van der Waals surface area contributed by atoms with Crippen molar-refractivity contribution in [3.05, 3.63) is 33.8 Å². The Hall–Kier alpha value is -0.280. The largest absolute Gasteiger partial charge is 0.386 e. The van der Waals surface area contributed by atoms with Crippen molar-refractivity contribution < 1.29 is 9.84 Å². The summed E-state index contributed by atoms with van der Waals surface area (Å²) in [7, 11) is 0. The second kappa shape index (κ2) is 5.71. The topological polar surface area (TPSA) is 29.5 Å². The van der Waals surface area contributed by atoms with Crippen molar-refractivity contribution in [2.75, 3.05) is 6.61 Å². The Morgan fingerprint density at radius 3 is 2.67 bits per heavy atom. The van der Waals surface area contributed by atoms with E-state index in [1.807, 2.05) is 6.92 Å². The van der Waals surface area contributed by atoms with Crippen molar-refractivity contribution in [2.45, 2.75) is 26.1 Å². The molecule has 4 heteroatoms. The second-order valence-electron chi connectivity index (χ2n) is 3.27. The first-order valence-electron chi connectivity index (χ1n) is 4.81. The monoisotopic (exact) mass is 248 g/mol. The molecule has 2 atom stereocenters. The summed E-state index contributed by atoms with van der Waals surface area (Å²) in [5, 5.41) is 11.0. The fraction of sp³-hybridized carbons (Fsp3) is 0.455. The molecule has 0 aliphatic carbocycles. The van der Waals surface area contributed by atoms with Gasteiger partial charge in [0.15, 0.2) is 0 Å². The maximum absolute atomic E-state index is 9.96. The molecule has 0 amide bonds. The maximum atomic E-state index is 9.96. The molecule has 1 aromatic carbocycles. The normalized spacial score (nSPS) is 15.0. The van der Waals surface area contributed by atoms with Gasteiger partial charge < -0.3 is 9.84 Å². The number of aliphatic hydroxyl groups excluding tert-OH is 1. The van der Waals surface area contributed by atoms with E-state index >= 15 is 0 Å². The lowest BCUT2D eigenvalue weighted by atomic mass is 10.1. The van der Waals surface area contributed by atoms with Crippen molar-refractivity contribution >= 4 is 23.2 Å². The third-order valence-corrected chi connectivity index (χ3v) is 2.73. The zero-order valence-corrected chi connectivity index (χ0v) is 10.2. The molecule has 1 N–H and O–H groups in total. The zero-order chi connectivity index (χ0) is 11.4. The van der Waals surface area contributed by atoms with Gasteiger partial charge in [-0.15, -0.1) is 0 Å². The summed E-state index contributed by atoms with van der Waals surface area (Å²) in [5.74, 6) is 0. The lowest BCUT2D eigenvalue weighted by Crippen LogP contribution is -2.18. The highest BCUT2D eigenvalue weighted by Crippen LogP contribution is 2.29. The quantitative estimate of drug-likeness (QED) is 0.885.